The summed E-state index contributed by atoms with van der Waals surface area (Å²) in [5, 5.41) is 0.547. The molecule has 0 amide bonds. The van der Waals surface area contributed by atoms with E-state index in [4.69, 9.17) is 16.0 Å². The highest BCUT2D eigenvalue weighted by Crippen LogP contribution is 2.36. The van der Waals surface area contributed by atoms with Crippen molar-refractivity contribution in [1.29, 1.82) is 0 Å². The summed E-state index contributed by atoms with van der Waals surface area (Å²) in [7, 11) is 0. The molecule has 1 atom stereocenters. The second kappa shape index (κ2) is 11.9. The molecule has 0 spiro atoms. The molecule has 9 heteroatoms. The van der Waals surface area contributed by atoms with Crippen molar-refractivity contribution in [3.63, 3.8) is 0 Å². The average molecular weight is 581 g/mol. The number of benzene rings is 3. The lowest BCUT2D eigenvalue weighted by Crippen LogP contribution is -2.34. The van der Waals surface area contributed by atoms with Crippen LogP contribution < -0.4 is 4.90 Å². The van der Waals surface area contributed by atoms with Crippen LogP contribution in [0.4, 0.5) is 19.2 Å². The monoisotopic (exact) mass is 580 g/mol. The quantitative estimate of drug-likeness (QED) is 0.197. The largest absolute Gasteiger partial charge is 0.437 e. The number of oxazole rings is 1. The van der Waals surface area contributed by atoms with Gasteiger partial charge in [0, 0.05) is 36.5 Å². The second-order valence-corrected chi connectivity index (χ2v) is 10.8. The van der Waals surface area contributed by atoms with Crippen molar-refractivity contribution in [2.75, 3.05) is 18.0 Å². The van der Waals surface area contributed by atoms with E-state index in [2.05, 4.69) is 4.98 Å². The van der Waals surface area contributed by atoms with E-state index in [1.54, 1.807) is 47.4 Å². The third-order valence-electron chi connectivity index (χ3n) is 7.23. The molecule has 0 radical (unpaired) electrons. The van der Waals surface area contributed by atoms with E-state index in [1.165, 1.54) is 0 Å². The number of carbonyl (C=O) groups excluding carboxylic acids is 2. The first kappa shape index (κ1) is 28.6. The number of ketones is 2. The van der Waals surface area contributed by atoms with Gasteiger partial charge in [0.2, 0.25) is 11.5 Å². The Balaban J connectivity index is 1.27. The van der Waals surface area contributed by atoms with Gasteiger partial charge in [-0.15, -0.1) is 0 Å². The first-order chi connectivity index (χ1) is 19.6. The smallest absolute Gasteiger partial charge is 0.420 e. The number of nitrogens with zero attached hydrogens (tertiary/aromatic N) is 2. The maximum Gasteiger partial charge on any atom is 0.437 e. The molecule has 2 heterocycles. The number of aromatic nitrogens is 1. The van der Waals surface area contributed by atoms with Gasteiger partial charge in [-0.25, -0.2) is 0 Å². The van der Waals surface area contributed by atoms with Crippen LogP contribution in [0.2, 0.25) is 5.02 Å². The lowest BCUT2D eigenvalue weighted by atomic mass is 9.98. The van der Waals surface area contributed by atoms with Gasteiger partial charge >= 0.3 is 6.18 Å². The third kappa shape index (κ3) is 6.70. The van der Waals surface area contributed by atoms with E-state index < -0.39 is 23.4 Å². The van der Waals surface area contributed by atoms with Crippen molar-refractivity contribution in [3.05, 3.63) is 106 Å². The Morgan fingerprint density at radius 2 is 1.61 bits per heavy atom. The molecule has 1 fully saturated rings. The summed E-state index contributed by atoms with van der Waals surface area (Å²) in [5.41, 5.74) is 2.27. The van der Waals surface area contributed by atoms with Gasteiger partial charge in [0.05, 0.1) is 0 Å². The van der Waals surface area contributed by atoms with E-state index in [-0.39, 0.29) is 24.6 Å². The zero-order valence-corrected chi connectivity index (χ0v) is 23.1. The van der Waals surface area contributed by atoms with Crippen molar-refractivity contribution in [2.24, 2.45) is 5.92 Å². The molecule has 0 aliphatic carbocycles. The Labute approximate surface area is 241 Å². The Bertz CT molecular complexity index is 1550. The Kier molecular flexibility index (Phi) is 8.31. The third-order valence-corrected chi connectivity index (χ3v) is 7.60. The van der Waals surface area contributed by atoms with E-state index in [0.717, 1.165) is 29.5 Å². The van der Waals surface area contributed by atoms with Gasteiger partial charge in [-0.2, -0.15) is 18.2 Å². The fraction of sp³-hybridized carbons (Fsp3) is 0.281. The lowest BCUT2D eigenvalue weighted by Gasteiger charge is -2.29. The van der Waals surface area contributed by atoms with Gasteiger partial charge in [0.15, 0.2) is 11.5 Å². The van der Waals surface area contributed by atoms with Crippen LogP contribution in [-0.2, 0) is 19.0 Å². The summed E-state index contributed by atoms with van der Waals surface area (Å²) in [6.07, 6.45) is -3.07. The maximum absolute atomic E-state index is 13.7. The standard InChI is InChI=1S/C32H28ClF3N2O3/c1-20-5-4-16-38(19-20)31-37-30(32(34,35)36)29(41-31)28(40)17-21-8-10-22(11-9-21)23-12-14-24(15-13-23)27(39)18-25-6-2-3-7-26(25)33/h2-3,6-15,20H,4-5,16-19H2,1H3. The molecule has 1 aromatic heterocycles. The molecule has 1 unspecified atom stereocenters. The summed E-state index contributed by atoms with van der Waals surface area (Å²) >= 11 is 6.17. The molecule has 0 N–H and O–H groups in total. The number of carbonyl (C=O) groups is 2. The highest BCUT2D eigenvalue weighted by atomic mass is 35.5. The molecule has 1 saturated heterocycles. The van der Waals surface area contributed by atoms with Gasteiger partial charge in [0.1, 0.15) is 0 Å². The van der Waals surface area contributed by atoms with E-state index in [9.17, 15) is 22.8 Å². The van der Waals surface area contributed by atoms with Crippen LogP contribution in [0.5, 0.6) is 0 Å². The fourth-order valence-electron chi connectivity index (χ4n) is 5.03. The van der Waals surface area contributed by atoms with E-state index in [0.29, 0.717) is 35.2 Å². The Morgan fingerprint density at radius 1 is 0.951 bits per heavy atom. The number of alkyl halides is 3. The average Bonchev–Trinajstić information content (AvgIpc) is 3.42. The maximum atomic E-state index is 13.7. The van der Waals surface area contributed by atoms with Crippen LogP contribution in [0.15, 0.2) is 77.2 Å². The summed E-state index contributed by atoms with van der Waals surface area (Å²) in [4.78, 5) is 31.0. The minimum Gasteiger partial charge on any atom is -0.420 e. The molecule has 0 bridgehead atoms. The van der Waals surface area contributed by atoms with Gasteiger partial charge < -0.3 is 9.32 Å². The Morgan fingerprint density at radius 3 is 2.24 bits per heavy atom. The number of halogens is 4. The first-order valence-corrected chi connectivity index (χ1v) is 13.8. The van der Waals surface area contributed by atoms with Crippen molar-refractivity contribution < 1.29 is 27.2 Å². The highest BCUT2D eigenvalue weighted by Gasteiger charge is 2.42. The lowest BCUT2D eigenvalue weighted by molar-refractivity contribution is -0.141. The van der Waals surface area contributed by atoms with Crippen LogP contribution in [0.1, 0.15) is 57.5 Å². The molecule has 5 nitrogen and oxygen atoms in total. The SMILES string of the molecule is CC1CCCN(c2nc(C(F)(F)F)c(C(=O)Cc3ccc(-c4ccc(C(=O)Cc5ccccc5Cl)cc4)cc3)o2)C1. The van der Waals surface area contributed by atoms with Crippen LogP contribution in [0.3, 0.4) is 0 Å². The normalized spacial score (nSPS) is 15.6. The van der Waals surface area contributed by atoms with Crippen molar-refractivity contribution in [1.82, 2.24) is 4.98 Å². The molecule has 212 valence electrons. The number of rotatable bonds is 8. The van der Waals surface area contributed by atoms with Gasteiger partial charge in [-0.3, -0.25) is 9.59 Å². The Hall–Kier alpha value is -3.91. The zero-order valence-electron chi connectivity index (χ0n) is 22.4. The van der Waals surface area contributed by atoms with Crippen molar-refractivity contribution >= 4 is 29.2 Å². The number of piperidine rings is 1. The van der Waals surface area contributed by atoms with E-state index >= 15 is 0 Å². The first-order valence-electron chi connectivity index (χ1n) is 13.4. The summed E-state index contributed by atoms with van der Waals surface area (Å²) in [6, 6.07) is 21.2. The molecule has 5 rings (SSSR count). The molecule has 0 saturated carbocycles. The van der Waals surface area contributed by atoms with Gasteiger partial charge in [-0.1, -0.05) is 85.3 Å². The van der Waals surface area contributed by atoms with Crippen LogP contribution in [0.25, 0.3) is 11.1 Å². The highest BCUT2D eigenvalue weighted by molar-refractivity contribution is 6.31. The number of Topliss-reactive ketones (excluding diaryl/α,β-unsaturated/α-hetero) is 2. The summed E-state index contributed by atoms with van der Waals surface area (Å²) < 4.78 is 46.6. The van der Waals surface area contributed by atoms with Crippen molar-refractivity contribution in [2.45, 2.75) is 38.8 Å². The van der Waals surface area contributed by atoms with Crippen LogP contribution in [0, 0.1) is 5.92 Å². The van der Waals surface area contributed by atoms with Gasteiger partial charge in [0.25, 0.3) is 6.01 Å². The number of hydrogen-bond acceptors (Lipinski definition) is 5. The molecule has 1 aliphatic heterocycles. The van der Waals surface area contributed by atoms with Gasteiger partial charge in [-0.05, 0) is 47.1 Å². The van der Waals surface area contributed by atoms with Crippen LogP contribution in [-0.4, -0.2) is 29.6 Å². The molecule has 41 heavy (non-hydrogen) atoms. The minimum atomic E-state index is -4.81. The topological polar surface area (TPSA) is 63.4 Å². The second-order valence-electron chi connectivity index (χ2n) is 10.4. The minimum absolute atomic E-state index is 0.0536. The molecule has 4 aromatic rings. The van der Waals surface area contributed by atoms with Crippen LogP contribution >= 0.6 is 11.6 Å². The molecular formula is C32H28ClF3N2O3. The predicted octanol–water partition coefficient (Wildman–Crippen LogP) is 8.10. The number of anilines is 1. The predicted molar refractivity (Wildman–Crippen MR) is 152 cm³/mol. The number of hydrogen-bond donors (Lipinski definition) is 0. The molecule has 3 aromatic carbocycles. The summed E-state index contributed by atoms with van der Waals surface area (Å²) in [5.74, 6) is -1.29. The summed E-state index contributed by atoms with van der Waals surface area (Å²) in [6.45, 7) is 3.09. The fourth-order valence-corrected chi connectivity index (χ4v) is 5.24. The van der Waals surface area contributed by atoms with Crippen molar-refractivity contribution in [3.8, 4) is 11.1 Å². The van der Waals surface area contributed by atoms with E-state index in [1.807, 2.05) is 37.3 Å². The zero-order chi connectivity index (χ0) is 29.1. The molecular weight excluding hydrogens is 553 g/mol. The molecule has 1 aliphatic rings.